The minimum Gasteiger partial charge on any atom is -0.382 e. The molecule has 0 radical (unpaired) electrons. The smallest absolute Gasteiger partial charge is 0.147 e. The van der Waals surface area contributed by atoms with Crippen molar-refractivity contribution in [3.63, 3.8) is 0 Å². The summed E-state index contributed by atoms with van der Waals surface area (Å²) >= 11 is 11.8. The highest BCUT2D eigenvalue weighted by atomic mass is 35.5. The number of ether oxygens (including phenoxy) is 1. The molecule has 1 saturated carbocycles. The third-order valence-corrected chi connectivity index (χ3v) is 3.36. The first-order valence-corrected chi connectivity index (χ1v) is 6.85. The Labute approximate surface area is 117 Å². The van der Waals surface area contributed by atoms with E-state index in [1.165, 1.54) is 12.8 Å². The molecule has 100 valence electrons. The highest BCUT2D eigenvalue weighted by molar-refractivity contribution is 6.37. The number of halogens is 2. The fourth-order valence-electron chi connectivity index (χ4n) is 1.52. The Morgan fingerprint density at radius 3 is 2.89 bits per heavy atom. The van der Waals surface area contributed by atoms with E-state index >= 15 is 0 Å². The van der Waals surface area contributed by atoms with Crippen molar-refractivity contribution < 1.29 is 4.74 Å². The summed E-state index contributed by atoms with van der Waals surface area (Å²) in [6.07, 6.45) is 3.55. The van der Waals surface area contributed by atoms with E-state index in [4.69, 9.17) is 33.7 Å². The Morgan fingerprint density at radius 1 is 1.39 bits per heavy atom. The van der Waals surface area contributed by atoms with E-state index < -0.39 is 0 Å². The van der Waals surface area contributed by atoms with E-state index in [2.05, 4.69) is 10.3 Å². The van der Waals surface area contributed by atoms with Crippen LogP contribution in [0.3, 0.4) is 0 Å². The number of nitrogen functional groups attached to an aromatic ring is 1. The normalized spacial score (nSPS) is 14.8. The molecule has 0 saturated heterocycles. The van der Waals surface area contributed by atoms with Crippen LogP contribution in [-0.4, -0.2) is 24.7 Å². The lowest BCUT2D eigenvalue weighted by Crippen LogP contribution is -2.09. The first-order chi connectivity index (χ1) is 8.66. The largest absolute Gasteiger partial charge is 0.382 e. The molecule has 1 aromatic heterocycles. The van der Waals surface area contributed by atoms with Gasteiger partial charge in [0.2, 0.25) is 0 Å². The Balaban J connectivity index is 1.67. The van der Waals surface area contributed by atoms with Gasteiger partial charge in [0.25, 0.3) is 0 Å². The summed E-state index contributed by atoms with van der Waals surface area (Å²) in [5, 5.41) is 3.98. The minimum absolute atomic E-state index is 0.286. The van der Waals surface area contributed by atoms with Gasteiger partial charge in [0, 0.05) is 19.8 Å². The van der Waals surface area contributed by atoms with Gasteiger partial charge in [-0.25, -0.2) is 4.98 Å². The highest BCUT2D eigenvalue weighted by Gasteiger charge is 2.20. The van der Waals surface area contributed by atoms with Crippen molar-refractivity contribution in [1.29, 1.82) is 0 Å². The Morgan fingerprint density at radius 2 is 2.17 bits per heavy atom. The molecule has 1 aliphatic rings. The quantitative estimate of drug-likeness (QED) is 0.757. The second-order valence-electron chi connectivity index (χ2n) is 4.48. The number of pyridine rings is 1. The monoisotopic (exact) mass is 289 g/mol. The lowest BCUT2D eigenvalue weighted by atomic mass is 10.4. The fourth-order valence-corrected chi connectivity index (χ4v) is 1.95. The summed E-state index contributed by atoms with van der Waals surface area (Å²) in [6.45, 7) is 2.40. The van der Waals surface area contributed by atoms with Crippen LogP contribution in [0.1, 0.15) is 19.3 Å². The second-order valence-corrected chi connectivity index (χ2v) is 5.30. The van der Waals surface area contributed by atoms with Crippen molar-refractivity contribution in [2.75, 3.05) is 30.8 Å². The van der Waals surface area contributed by atoms with Crippen LogP contribution in [0, 0.1) is 5.92 Å². The summed E-state index contributed by atoms with van der Waals surface area (Å²) in [6, 6.07) is 1.59. The molecule has 18 heavy (non-hydrogen) atoms. The number of nitrogens with two attached hydrogens (primary N) is 1. The summed E-state index contributed by atoms with van der Waals surface area (Å²) in [5.41, 5.74) is 5.62. The molecule has 0 atom stereocenters. The predicted octanol–water partition coefficient (Wildman–Crippen LogP) is 3.20. The molecule has 0 amide bonds. The molecule has 0 aliphatic heterocycles. The van der Waals surface area contributed by atoms with E-state index in [0.717, 1.165) is 32.1 Å². The van der Waals surface area contributed by atoms with Gasteiger partial charge in [-0.1, -0.05) is 23.2 Å². The van der Waals surface area contributed by atoms with E-state index in [0.29, 0.717) is 15.9 Å². The Kier molecular flexibility index (Phi) is 4.92. The standard InChI is InChI=1S/C12H17Cl2N3O/c13-9-6-10(14)12(17-11(9)15)16-4-1-5-18-7-8-2-3-8/h6,8H,1-5,7H2,(H3,15,16,17). The number of hydrogen-bond donors (Lipinski definition) is 2. The van der Waals surface area contributed by atoms with E-state index in [1.807, 2.05) is 0 Å². The predicted molar refractivity (Wildman–Crippen MR) is 75.3 cm³/mol. The van der Waals surface area contributed by atoms with Crippen LogP contribution < -0.4 is 11.1 Å². The van der Waals surface area contributed by atoms with Crippen LogP contribution >= 0.6 is 23.2 Å². The lowest BCUT2D eigenvalue weighted by Gasteiger charge is -2.09. The number of anilines is 2. The molecule has 1 heterocycles. The average molecular weight is 290 g/mol. The molecule has 0 unspecified atom stereocenters. The van der Waals surface area contributed by atoms with Crippen molar-refractivity contribution in [1.82, 2.24) is 4.98 Å². The first kappa shape index (κ1) is 13.7. The van der Waals surface area contributed by atoms with Crippen LogP contribution in [0.2, 0.25) is 10.0 Å². The third kappa shape index (κ3) is 4.19. The molecule has 1 fully saturated rings. The van der Waals surface area contributed by atoms with Gasteiger partial charge in [0.1, 0.15) is 11.6 Å². The number of hydrogen-bond acceptors (Lipinski definition) is 4. The van der Waals surface area contributed by atoms with Gasteiger partial charge >= 0.3 is 0 Å². The first-order valence-electron chi connectivity index (χ1n) is 6.10. The molecule has 4 nitrogen and oxygen atoms in total. The molecule has 3 N–H and O–H groups in total. The molecule has 0 spiro atoms. The molecule has 0 bridgehead atoms. The van der Waals surface area contributed by atoms with Gasteiger partial charge < -0.3 is 15.8 Å². The topological polar surface area (TPSA) is 60.2 Å². The maximum absolute atomic E-state index is 6.00. The molecule has 0 aromatic carbocycles. The van der Waals surface area contributed by atoms with Gasteiger partial charge in [-0.2, -0.15) is 0 Å². The van der Waals surface area contributed by atoms with Crippen molar-refractivity contribution in [2.24, 2.45) is 5.92 Å². The summed E-state index contributed by atoms with van der Waals surface area (Å²) in [7, 11) is 0. The van der Waals surface area contributed by atoms with Crippen molar-refractivity contribution >= 4 is 34.8 Å². The van der Waals surface area contributed by atoms with Gasteiger partial charge in [0.15, 0.2) is 0 Å². The van der Waals surface area contributed by atoms with Crippen molar-refractivity contribution in [2.45, 2.75) is 19.3 Å². The zero-order valence-electron chi connectivity index (χ0n) is 10.1. The van der Waals surface area contributed by atoms with Crippen LogP contribution in [0.25, 0.3) is 0 Å². The van der Waals surface area contributed by atoms with Crippen LogP contribution in [0.4, 0.5) is 11.6 Å². The van der Waals surface area contributed by atoms with Crippen LogP contribution in [0.5, 0.6) is 0 Å². The zero-order chi connectivity index (χ0) is 13.0. The van der Waals surface area contributed by atoms with E-state index in [9.17, 15) is 0 Å². The lowest BCUT2D eigenvalue weighted by molar-refractivity contribution is 0.124. The van der Waals surface area contributed by atoms with Gasteiger partial charge in [0.05, 0.1) is 10.0 Å². The van der Waals surface area contributed by atoms with Crippen molar-refractivity contribution in [3.05, 3.63) is 16.1 Å². The van der Waals surface area contributed by atoms with Crippen LogP contribution in [-0.2, 0) is 4.74 Å². The molecular formula is C12H17Cl2N3O. The molecule has 1 aliphatic carbocycles. The number of nitrogens with one attached hydrogen (secondary N) is 1. The van der Waals surface area contributed by atoms with Crippen molar-refractivity contribution in [3.8, 4) is 0 Å². The maximum atomic E-state index is 6.00. The maximum Gasteiger partial charge on any atom is 0.147 e. The van der Waals surface area contributed by atoms with Gasteiger partial charge in [-0.15, -0.1) is 0 Å². The second kappa shape index (κ2) is 6.45. The van der Waals surface area contributed by atoms with Crippen LogP contribution in [0.15, 0.2) is 6.07 Å². The average Bonchev–Trinajstić information content (AvgIpc) is 3.13. The molecular weight excluding hydrogens is 273 g/mol. The molecule has 1 aromatic rings. The summed E-state index contributed by atoms with van der Waals surface area (Å²) < 4.78 is 5.53. The fraction of sp³-hybridized carbons (Fsp3) is 0.583. The highest BCUT2D eigenvalue weighted by Crippen LogP contribution is 2.29. The number of aromatic nitrogens is 1. The Hall–Kier alpha value is -0.710. The summed E-state index contributed by atoms with van der Waals surface area (Å²) in [4.78, 5) is 4.09. The Bertz CT molecular complexity index is 411. The number of nitrogens with zero attached hydrogens (tertiary/aromatic N) is 1. The summed E-state index contributed by atoms with van der Waals surface area (Å²) in [5.74, 6) is 1.67. The third-order valence-electron chi connectivity index (χ3n) is 2.76. The molecule has 6 heteroatoms. The zero-order valence-corrected chi connectivity index (χ0v) is 11.6. The van der Waals surface area contributed by atoms with E-state index in [-0.39, 0.29) is 5.82 Å². The van der Waals surface area contributed by atoms with Gasteiger partial charge in [-0.05, 0) is 31.2 Å². The van der Waals surface area contributed by atoms with E-state index in [1.54, 1.807) is 6.07 Å². The SMILES string of the molecule is Nc1nc(NCCCOCC2CC2)c(Cl)cc1Cl. The minimum atomic E-state index is 0.286. The number of rotatable bonds is 7. The van der Waals surface area contributed by atoms with Gasteiger partial charge in [-0.3, -0.25) is 0 Å². The molecule has 2 rings (SSSR count).